The maximum atomic E-state index is 12.9. The maximum Gasteiger partial charge on any atom is 0.392 e. The Balaban J connectivity index is 1.76. The number of hydrogen-bond acceptors (Lipinski definition) is 2. The third-order valence-corrected chi connectivity index (χ3v) is 4.35. The summed E-state index contributed by atoms with van der Waals surface area (Å²) < 4.78 is 44.1. The van der Waals surface area contributed by atoms with Crippen LogP contribution in [0.2, 0.25) is 0 Å². The van der Waals surface area contributed by atoms with Crippen LogP contribution in [0.25, 0.3) is 0 Å². The van der Waals surface area contributed by atoms with E-state index in [1.807, 2.05) is 0 Å². The first-order valence-corrected chi connectivity index (χ1v) is 7.65. The minimum absolute atomic E-state index is 0.0384. The molecule has 1 aliphatic carbocycles. The van der Waals surface area contributed by atoms with Crippen LogP contribution in [-0.2, 0) is 4.74 Å². The molecule has 1 saturated carbocycles. The topological polar surface area (TPSA) is 50.4 Å². The van der Waals surface area contributed by atoms with Crippen molar-refractivity contribution in [2.75, 3.05) is 19.8 Å². The van der Waals surface area contributed by atoms with Crippen molar-refractivity contribution in [1.82, 2.24) is 10.6 Å². The number of urea groups is 1. The van der Waals surface area contributed by atoms with E-state index in [1.165, 1.54) is 0 Å². The van der Waals surface area contributed by atoms with Crippen LogP contribution >= 0.6 is 0 Å². The van der Waals surface area contributed by atoms with E-state index in [0.29, 0.717) is 26.1 Å². The zero-order valence-electron chi connectivity index (χ0n) is 12.0. The van der Waals surface area contributed by atoms with Crippen LogP contribution in [-0.4, -0.2) is 38.0 Å². The summed E-state index contributed by atoms with van der Waals surface area (Å²) in [5.74, 6) is -1.79. The summed E-state index contributed by atoms with van der Waals surface area (Å²) in [6.45, 7) is 1.26. The van der Waals surface area contributed by atoms with Gasteiger partial charge >= 0.3 is 12.2 Å². The van der Waals surface area contributed by atoms with Crippen LogP contribution in [0.4, 0.5) is 18.0 Å². The van der Waals surface area contributed by atoms with E-state index < -0.39 is 24.0 Å². The van der Waals surface area contributed by atoms with Crippen molar-refractivity contribution < 1.29 is 22.7 Å². The SMILES string of the molecule is O=C(NCC1CCCCC1C(F)(F)F)N[C@@H]1CCCOC1. The summed E-state index contributed by atoms with van der Waals surface area (Å²) in [6.07, 6.45) is -0.305. The average molecular weight is 308 g/mol. The summed E-state index contributed by atoms with van der Waals surface area (Å²) in [5, 5.41) is 5.35. The van der Waals surface area contributed by atoms with Crippen molar-refractivity contribution in [2.45, 2.75) is 50.7 Å². The molecule has 0 spiro atoms. The van der Waals surface area contributed by atoms with Crippen LogP contribution in [0.1, 0.15) is 38.5 Å². The molecule has 2 N–H and O–H groups in total. The molecule has 2 fully saturated rings. The molecule has 7 heteroatoms. The van der Waals surface area contributed by atoms with E-state index in [4.69, 9.17) is 4.74 Å². The summed E-state index contributed by atoms with van der Waals surface area (Å²) in [6, 6.07) is -0.430. The quantitative estimate of drug-likeness (QED) is 0.842. The van der Waals surface area contributed by atoms with Crippen LogP contribution in [0.15, 0.2) is 0 Å². The molecule has 21 heavy (non-hydrogen) atoms. The lowest BCUT2D eigenvalue weighted by molar-refractivity contribution is -0.195. The Morgan fingerprint density at radius 3 is 2.57 bits per heavy atom. The van der Waals surface area contributed by atoms with Gasteiger partial charge in [-0.3, -0.25) is 0 Å². The van der Waals surface area contributed by atoms with Crippen LogP contribution in [0.5, 0.6) is 0 Å². The molecule has 3 atom stereocenters. The van der Waals surface area contributed by atoms with Crippen LogP contribution < -0.4 is 10.6 Å². The van der Waals surface area contributed by atoms with Gasteiger partial charge in [0.25, 0.3) is 0 Å². The lowest BCUT2D eigenvalue weighted by Crippen LogP contribution is -2.48. The molecule has 1 aliphatic heterocycles. The van der Waals surface area contributed by atoms with Gasteiger partial charge in [-0.05, 0) is 31.6 Å². The van der Waals surface area contributed by atoms with Crippen molar-refractivity contribution >= 4 is 6.03 Å². The molecule has 0 radical (unpaired) electrons. The summed E-state index contributed by atoms with van der Waals surface area (Å²) in [7, 11) is 0. The molecule has 122 valence electrons. The predicted molar refractivity (Wildman–Crippen MR) is 71.9 cm³/mol. The first kappa shape index (κ1) is 16.4. The fraction of sp³-hybridized carbons (Fsp3) is 0.929. The van der Waals surface area contributed by atoms with Crippen molar-refractivity contribution in [1.29, 1.82) is 0 Å². The molecule has 0 aromatic heterocycles. The molecule has 4 nitrogen and oxygen atoms in total. The largest absolute Gasteiger partial charge is 0.392 e. The predicted octanol–water partition coefficient (Wildman–Crippen LogP) is 2.83. The highest BCUT2D eigenvalue weighted by molar-refractivity contribution is 5.74. The summed E-state index contributed by atoms with van der Waals surface area (Å²) >= 11 is 0. The van der Waals surface area contributed by atoms with Gasteiger partial charge < -0.3 is 15.4 Å². The Hall–Kier alpha value is -0.980. The molecule has 2 unspecified atom stereocenters. The smallest absolute Gasteiger partial charge is 0.379 e. The third-order valence-electron chi connectivity index (χ3n) is 4.35. The summed E-state index contributed by atoms with van der Waals surface area (Å²) in [4.78, 5) is 11.8. The normalized spacial score (nSPS) is 30.7. The highest BCUT2D eigenvalue weighted by Gasteiger charge is 2.45. The first-order valence-electron chi connectivity index (χ1n) is 7.65. The van der Waals surface area contributed by atoms with E-state index in [-0.39, 0.29) is 19.0 Å². The van der Waals surface area contributed by atoms with Gasteiger partial charge in [-0.1, -0.05) is 12.8 Å². The Morgan fingerprint density at radius 1 is 1.14 bits per heavy atom. The van der Waals surface area contributed by atoms with Gasteiger partial charge in [0.05, 0.1) is 18.6 Å². The molecule has 2 rings (SSSR count). The van der Waals surface area contributed by atoms with Gasteiger partial charge in [0.1, 0.15) is 0 Å². The molecule has 1 saturated heterocycles. The standard InChI is InChI=1S/C14H23F3N2O2/c15-14(16,17)12-6-2-1-4-10(12)8-18-13(20)19-11-5-3-7-21-9-11/h10-12H,1-9H2,(H2,18,19,20)/t10?,11-,12?/m1/s1. The number of amides is 2. The molecule has 2 amide bonds. The van der Waals surface area contributed by atoms with E-state index in [9.17, 15) is 18.0 Å². The molecule has 2 aliphatic rings. The first-order chi connectivity index (χ1) is 9.97. The monoisotopic (exact) mass is 308 g/mol. The van der Waals surface area contributed by atoms with Crippen molar-refractivity contribution in [3.8, 4) is 0 Å². The highest BCUT2D eigenvalue weighted by Crippen LogP contribution is 2.41. The minimum Gasteiger partial charge on any atom is -0.379 e. The van der Waals surface area contributed by atoms with Gasteiger partial charge in [-0.25, -0.2) is 4.79 Å². The van der Waals surface area contributed by atoms with Crippen LogP contribution in [0, 0.1) is 11.8 Å². The van der Waals surface area contributed by atoms with Crippen LogP contribution in [0.3, 0.4) is 0 Å². The van der Waals surface area contributed by atoms with Gasteiger partial charge in [-0.15, -0.1) is 0 Å². The Kier molecular flexibility index (Phi) is 5.72. The average Bonchev–Trinajstić information content (AvgIpc) is 2.45. The number of hydrogen-bond donors (Lipinski definition) is 2. The summed E-state index contributed by atoms with van der Waals surface area (Å²) in [5.41, 5.74) is 0. The molecule has 0 bridgehead atoms. The van der Waals surface area contributed by atoms with Gasteiger partial charge in [0.2, 0.25) is 0 Å². The van der Waals surface area contributed by atoms with E-state index in [1.54, 1.807) is 0 Å². The zero-order chi connectivity index (χ0) is 15.3. The number of ether oxygens (including phenoxy) is 1. The lowest BCUT2D eigenvalue weighted by Gasteiger charge is -2.33. The number of nitrogens with one attached hydrogen (secondary N) is 2. The van der Waals surface area contributed by atoms with Crippen molar-refractivity contribution in [2.24, 2.45) is 11.8 Å². The van der Waals surface area contributed by atoms with Gasteiger partial charge in [-0.2, -0.15) is 13.2 Å². The number of rotatable bonds is 3. The minimum atomic E-state index is -4.17. The Morgan fingerprint density at radius 2 is 1.90 bits per heavy atom. The fourth-order valence-corrected chi connectivity index (χ4v) is 3.20. The van der Waals surface area contributed by atoms with Gasteiger partial charge in [0, 0.05) is 13.2 Å². The van der Waals surface area contributed by atoms with Gasteiger partial charge in [0.15, 0.2) is 0 Å². The number of halogens is 3. The second-order valence-electron chi connectivity index (χ2n) is 5.96. The number of carbonyl (C=O) groups is 1. The van der Waals surface area contributed by atoms with Crippen molar-refractivity contribution in [3.05, 3.63) is 0 Å². The molecular formula is C14H23F3N2O2. The Labute approximate surface area is 122 Å². The Bertz CT molecular complexity index is 344. The third kappa shape index (κ3) is 5.05. The molecular weight excluding hydrogens is 285 g/mol. The molecule has 0 aromatic carbocycles. The fourth-order valence-electron chi connectivity index (χ4n) is 3.20. The molecule has 1 heterocycles. The zero-order valence-corrected chi connectivity index (χ0v) is 12.0. The number of alkyl halides is 3. The highest BCUT2D eigenvalue weighted by atomic mass is 19.4. The van der Waals surface area contributed by atoms with Crippen molar-refractivity contribution in [3.63, 3.8) is 0 Å². The maximum absolute atomic E-state index is 12.9. The lowest BCUT2D eigenvalue weighted by atomic mass is 9.79. The second kappa shape index (κ2) is 7.33. The second-order valence-corrected chi connectivity index (χ2v) is 5.96. The number of carbonyl (C=O) groups excluding carboxylic acids is 1. The van der Waals surface area contributed by atoms with E-state index in [0.717, 1.165) is 19.3 Å². The van der Waals surface area contributed by atoms with E-state index >= 15 is 0 Å². The van der Waals surface area contributed by atoms with E-state index in [2.05, 4.69) is 10.6 Å². The molecule has 0 aromatic rings.